The van der Waals surface area contributed by atoms with Crippen LogP contribution in [-0.2, 0) is 10.3 Å². The van der Waals surface area contributed by atoms with Gasteiger partial charge in [-0.3, -0.25) is 14.5 Å². The summed E-state index contributed by atoms with van der Waals surface area (Å²) in [5.74, 6) is 0.876. The minimum Gasteiger partial charge on any atom is -0.493 e. The molecule has 1 atom stereocenters. The molecule has 2 aromatic rings. The van der Waals surface area contributed by atoms with Crippen molar-refractivity contribution < 1.29 is 28.6 Å². The van der Waals surface area contributed by atoms with Crippen LogP contribution >= 0.6 is 0 Å². The Kier molecular flexibility index (Phi) is 5.96. The van der Waals surface area contributed by atoms with Gasteiger partial charge in [0.05, 0.1) is 26.3 Å². The number of carbonyl (C=O) groups is 3. The maximum atomic E-state index is 13.1. The number of benzene rings is 2. The van der Waals surface area contributed by atoms with Gasteiger partial charge in [0.2, 0.25) is 0 Å². The van der Waals surface area contributed by atoms with Crippen molar-refractivity contribution in [3.05, 3.63) is 53.6 Å². The number of ketones is 1. The van der Waals surface area contributed by atoms with Crippen LogP contribution in [0.5, 0.6) is 17.2 Å². The van der Waals surface area contributed by atoms with Gasteiger partial charge in [-0.2, -0.15) is 0 Å². The highest BCUT2D eigenvalue weighted by molar-refractivity contribution is 6.07. The fraction of sp³-hybridized carbons (Fsp3) is 0.318. The summed E-state index contributed by atoms with van der Waals surface area (Å²) in [6.07, 6.45) is 0. The van der Waals surface area contributed by atoms with Gasteiger partial charge in [0.15, 0.2) is 17.3 Å². The van der Waals surface area contributed by atoms with E-state index in [-0.39, 0.29) is 18.9 Å². The second-order valence-corrected chi connectivity index (χ2v) is 6.98. The molecule has 3 rings (SSSR count). The summed E-state index contributed by atoms with van der Waals surface area (Å²) in [7, 11) is 3.02. The molecule has 158 valence electrons. The lowest BCUT2D eigenvalue weighted by molar-refractivity contribution is -0.131. The average Bonchev–Trinajstić information content (AvgIpc) is 2.97. The number of imide groups is 1. The van der Waals surface area contributed by atoms with Crippen LogP contribution in [0.15, 0.2) is 42.5 Å². The molecule has 0 bridgehead atoms. The molecule has 0 aliphatic carbocycles. The smallest absolute Gasteiger partial charge is 0.325 e. The summed E-state index contributed by atoms with van der Waals surface area (Å²) in [5.41, 5.74) is -0.220. The van der Waals surface area contributed by atoms with Gasteiger partial charge < -0.3 is 19.5 Å². The van der Waals surface area contributed by atoms with Crippen molar-refractivity contribution in [2.24, 2.45) is 0 Å². The molecule has 8 nitrogen and oxygen atoms in total. The van der Waals surface area contributed by atoms with Crippen LogP contribution in [0.4, 0.5) is 4.79 Å². The Bertz CT molecular complexity index is 989. The summed E-state index contributed by atoms with van der Waals surface area (Å²) in [6.45, 7) is 3.19. The lowest BCUT2D eigenvalue weighted by atomic mass is 9.91. The number of nitrogens with one attached hydrogen (secondary N) is 1. The molecule has 3 amide bonds. The van der Waals surface area contributed by atoms with Crippen LogP contribution in [0.3, 0.4) is 0 Å². The number of methoxy groups -OCH3 is 2. The van der Waals surface area contributed by atoms with Crippen molar-refractivity contribution in [1.29, 1.82) is 0 Å². The lowest BCUT2D eigenvalue weighted by Gasteiger charge is -2.23. The number of hydrogen-bond acceptors (Lipinski definition) is 6. The molecule has 1 aliphatic heterocycles. The monoisotopic (exact) mass is 412 g/mol. The van der Waals surface area contributed by atoms with Crippen molar-refractivity contribution >= 4 is 17.7 Å². The highest BCUT2D eigenvalue weighted by Crippen LogP contribution is 2.35. The van der Waals surface area contributed by atoms with E-state index in [2.05, 4.69) is 5.32 Å². The normalized spacial score (nSPS) is 18.2. The van der Waals surface area contributed by atoms with Crippen LogP contribution in [0, 0.1) is 0 Å². The minimum absolute atomic E-state index is 0.0415. The third-order valence-electron chi connectivity index (χ3n) is 5.07. The molecule has 2 aromatic carbocycles. The van der Waals surface area contributed by atoms with E-state index in [4.69, 9.17) is 14.2 Å². The van der Waals surface area contributed by atoms with Gasteiger partial charge in [0.25, 0.3) is 5.91 Å². The maximum absolute atomic E-state index is 13.1. The van der Waals surface area contributed by atoms with Crippen molar-refractivity contribution in [3.63, 3.8) is 0 Å². The topological polar surface area (TPSA) is 94.2 Å². The molecular weight excluding hydrogens is 388 g/mol. The summed E-state index contributed by atoms with van der Waals surface area (Å²) in [4.78, 5) is 38.4. The molecular formula is C22H24N2O6. The fourth-order valence-corrected chi connectivity index (χ4v) is 3.37. The van der Waals surface area contributed by atoms with E-state index in [1.807, 2.05) is 0 Å². The molecule has 1 heterocycles. The van der Waals surface area contributed by atoms with Crippen LogP contribution < -0.4 is 19.5 Å². The van der Waals surface area contributed by atoms with Crippen molar-refractivity contribution in [1.82, 2.24) is 10.2 Å². The van der Waals surface area contributed by atoms with Gasteiger partial charge in [-0.05, 0) is 43.7 Å². The van der Waals surface area contributed by atoms with Crippen molar-refractivity contribution in [3.8, 4) is 17.2 Å². The summed E-state index contributed by atoms with van der Waals surface area (Å²) in [5, 5.41) is 2.74. The number of nitrogens with zero attached hydrogens (tertiary/aromatic N) is 1. The first-order valence-electron chi connectivity index (χ1n) is 9.41. The number of para-hydroxylation sites is 1. The van der Waals surface area contributed by atoms with Crippen molar-refractivity contribution in [2.75, 3.05) is 27.4 Å². The van der Waals surface area contributed by atoms with E-state index >= 15 is 0 Å². The molecule has 1 aliphatic rings. The Morgan fingerprint density at radius 3 is 2.40 bits per heavy atom. The summed E-state index contributed by atoms with van der Waals surface area (Å²) in [6, 6.07) is 11.4. The molecule has 0 radical (unpaired) electrons. The molecule has 0 aromatic heterocycles. The first-order chi connectivity index (χ1) is 14.3. The Morgan fingerprint density at radius 2 is 1.73 bits per heavy atom. The number of rotatable bonds is 8. The molecule has 0 saturated carbocycles. The first-order valence-corrected chi connectivity index (χ1v) is 9.41. The van der Waals surface area contributed by atoms with Gasteiger partial charge in [-0.1, -0.05) is 18.2 Å². The second kappa shape index (κ2) is 8.44. The largest absolute Gasteiger partial charge is 0.493 e. The van der Waals surface area contributed by atoms with Crippen LogP contribution in [0.25, 0.3) is 0 Å². The zero-order chi connectivity index (χ0) is 21.9. The third-order valence-corrected chi connectivity index (χ3v) is 5.07. The molecule has 8 heteroatoms. The number of amides is 3. The molecule has 0 unspecified atom stereocenters. The molecule has 1 N–H and O–H groups in total. The minimum atomic E-state index is -1.24. The van der Waals surface area contributed by atoms with E-state index in [1.165, 1.54) is 21.1 Å². The van der Waals surface area contributed by atoms with Gasteiger partial charge in [-0.25, -0.2) is 4.79 Å². The fourth-order valence-electron chi connectivity index (χ4n) is 3.37. The number of hydrogen-bond donors (Lipinski definition) is 1. The van der Waals surface area contributed by atoms with E-state index in [1.54, 1.807) is 49.4 Å². The Morgan fingerprint density at radius 1 is 1.03 bits per heavy atom. The van der Waals surface area contributed by atoms with E-state index in [0.29, 0.717) is 28.4 Å². The summed E-state index contributed by atoms with van der Waals surface area (Å²) < 4.78 is 16.2. The number of urea groups is 1. The molecule has 0 spiro atoms. The molecule has 1 saturated heterocycles. The maximum Gasteiger partial charge on any atom is 0.325 e. The average molecular weight is 412 g/mol. The zero-order valence-electron chi connectivity index (χ0n) is 17.4. The third kappa shape index (κ3) is 3.80. The quantitative estimate of drug-likeness (QED) is 0.529. The molecule has 30 heavy (non-hydrogen) atoms. The predicted octanol–water partition coefficient (Wildman–Crippen LogP) is 2.75. The predicted molar refractivity (Wildman–Crippen MR) is 109 cm³/mol. The lowest BCUT2D eigenvalue weighted by Crippen LogP contribution is -2.41. The zero-order valence-corrected chi connectivity index (χ0v) is 17.4. The van der Waals surface area contributed by atoms with Crippen LogP contribution in [0.1, 0.15) is 29.8 Å². The first kappa shape index (κ1) is 21.2. The molecule has 1 fully saturated rings. The highest BCUT2D eigenvalue weighted by atomic mass is 16.5. The standard InChI is InChI=1S/C22H24N2O6/c1-14(25)16-7-5-6-8-17(16)30-12-11-24-20(26)22(2,23-21(24)27)15-9-10-18(28-3)19(13-15)29-4/h5-10,13H,11-12H2,1-4H3,(H,23,27)/t22-/m0/s1. The SMILES string of the molecule is COc1ccc([C@]2(C)NC(=O)N(CCOc3ccccc3C(C)=O)C2=O)cc1OC. The Labute approximate surface area is 174 Å². The number of Topliss-reactive ketones (excluding diaryl/α,β-unsaturated/α-hetero) is 1. The van der Waals surface area contributed by atoms with E-state index in [9.17, 15) is 14.4 Å². The Balaban J connectivity index is 1.74. The number of ether oxygens (including phenoxy) is 3. The van der Waals surface area contributed by atoms with Gasteiger partial charge in [-0.15, -0.1) is 0 Å². The highest BCUT2D eigenvalue weighted by Gasteiger charge is 2.49. The van der Waals surface area contributed by atoms with E-state index < -0.39 is 17.5 Å². The van der Waals surface area contributed by atoms with Gasteiger partial charge in [0.1, 0.15) is 17.9 Å². The second-order valence-electron chi connectivity index (χ2n) is 6.98. The van der Waals surface area contributed by atoms with Crippen LogP contribution in [-0.4, -0.2) is 50.0 Å². The summed E-state index contributed by atoms with van der Waals surface area (Å²) >= 11 is 0. The van der Waals surface area contributed by atoms with E-state index in [0.717, 1.165) is 4.90 Å². The number of carbonyl (C=O) groups excluding carboxylic acids is 3. The Hall–Kier alpha value is -3.55. The van der Waals surface area contributed by atoms with Gasteiger partial charge in [0, 0.05) is 0 Å². The van der Waals surface area contributed by atoms with Crippen LogP contribution in [0.2, 0.25) is 0 Å². The van der Waals surface area contributed by atoms with Crippen molar-refractivity contribution in [2.45, 2.75) is 19.4 Å². The van der Waals surface area contributed by atoms with Gasteiger partial charge >= 0.3 is 6.03 Å².